The monoisotopic (exact) mass is 212 g/mol. The average molecular weight is 212 g/mol. The molecule has 0 spiro atoms. The van der Waals surface area contributed by atoms with Gasteiger partial charge in [-0.3, -0.25) is 0 Å². The molecular weight excluding hydrogens is 199 g/mol. The average Bonchev–Trinajstić information content (AvgIpc) is 2.15. The molecule has 1 aromatic carbocycles. The first kappa shape index (κ1) is 11.4. The van der Waals surface area contributed by atoms with Gasteiger partial charge in [-0.15, -0.1) is 0 Å². The zero-order valence-corrected chi connectivity index (χ0v) is 9.21. The summed E-state index contributed by atoms with van der Waals surface area (Å²) in [4.78, 5) is 21.9. The van der Waals surface area contributed by atoms with Crippen LogP contribution in [0.15, 0.2) is 18.2 Å². The lowest BCUT2D eigenvalue weighted by Crippen LogP contribution is -2.28. The second-order valence-electron chi connectivity index (χ2n) is 3.12. The van der Waals surface area contributed by atoms with Crippen molar-refractivity contribution in [1.29, 1.82) is 0 Å². The smallest absolute Gasteiger partial charge is 0.0122 e. The number of benzene rings is 1. The van der Waals surface area contributed by atoms with Crippen LogP contribution in [0.25, 0.3) is 0 Å². The molecule has 0 aliphatic carbocycles. The van der Waals surface area contributed by atoms with E-state index in [2.05, 4.69) is 0 Å². The summed E-state index contributed by atoms with van der Waals surface area (Å²) in [6, 6.07) is 4.87. The van der Waals surface area contributed by atoms with Gasteiger partial charge in [-0.25, -0.2) is 0 Å². The van der Waals surface area contributed by atoms with Gasteiger partial charge in [0.1, 0.15) is 0 Å². The van der Waals surface area contributed by atoms with Gasteiger partial charge in [-0.2, -0.15) is 0 Å². The molecular formula is C10H13O3P-2. The fraction of sp³-hybridized carbons (Fsp3) is 0.400. The molecule has 4 heteroatoms. The van der Waals surface area contributed by atoms with Crippen molar-refractivity contribution in [3.63, 3.8) is 0 Å². The molecule has 3 nitrogen and oxygen atoms in total. The van der Waals surface area contributed by atoms with Crippen molar-refractivity contribution < 1.29 is 14.4 Å². The maximum Gasteiger partial charge on any atom is -0.0122 e. The summed E-state index contributed by atoms with van der Waals surface area (Å²) in [6.07, 6.45) is 1.32. The Bertz CT molecular complexity index is 368. The highest BCUT2D eigenvalue weighted by Gasteiger charge is 2.07. The largest absolute Gasteiger partial charge is 0.807 e. The molecule has 0 atom stereocenters. The van der Waals surface area contributed by atoms with E-state index in [0.717, 1.165) is 12.0 Å². The molecule has 0 amide bonds. The van der Waals surface area contributed by atoms with Crippen LogP contribution in [0.4, 0.5) is 0 Å². The Kier molecular flexibility index (Phi) is 3.48. The SMILES string of the molecule is CCc1cccc(P(=O)([O-])[O-])c1CC. The van der Waals surface area contributed by atoms with Crippen LogP contribution in [0.1, 0.15) is 25.0 Å². The fourth-order valence-electron chi connectivity index (χ4n) is 1.62. The molecule has 0 saturated carbocycles. The van der Waals surface area contributed by atoms with Gasteiger partial charge in [0.2, 0.25) is 0 Å². The molecule has 0 aliphatic rings. The zero-order valence-electron chi connectivity index (χ0n) is 8.32. The molecule has 0 unspecified atom stereocenters. The van der Waals surface area contributed by atoms with Gasteiger partial charge in [0, 0.05) is 0 Å². The number of rotatable bonds is 3. The topological polar surface area (TPSA) is 63.2 Å². The van der Waals surface area contributed by atoms with E-state index in [1.165, 1.54) is 6.07 Å². The van der Waals surface area contributed by atoms with Crippen LogP contribution in [0, 0.1) is 0 Å². The molecule has 0 saturated heterocycles. The molecule has 1 rings (SSSR count). The lowest BCUT2D eigenvalue weighted by atomic mass is 10.0. The van der Waals surface area contributed by atoms with Crippen molar-refractivity contribution in [2.45, 2.75) is 26.7 Å². The Hall–Kier alpha value is -0.630. The van der Waals surface area contributed by atoms with Crippen LogP contribution < -0.4 is 15.1 Å². The van der Waals surface area contributed by atoms with Crippen LogP contribution in [0.3, 0.4) is 0 Å². The van der Waals surface area contributed by atoms with Crippen molar-refractivity contribution in [3.8, 4) is 0 Å². The highest BCUT2D eigenvalue weighted by atomic mass is 31.2. The van der Waals surface area contributed by atoms with Crippen LogP contribution in [-0.4, -0.2) is 0 Å². The standard InChI is InChI=1S/C10H15O3P/c1-3-8-6-5-7-10(9(8)4-2)14(11,12)13/h5-7H,3-4H2,1-2H3,(H2,11,12,13)/p-2. The van der Waals surface area contributed by atoms with E-state index in [1.807, 2.05) is 19.9 Å². The number of hydrogen-bond acceptors (Lipinski definition) is 3. The molecule has 14 heavy (non-hydrogen) atoms. The van der Waals surface area contributed by atoms with Gasteiger partial charge < -0.3 is 14.4 Å². The number of hydrogen-bond donors (Lipinski definition) is 0. The first-order valence-corrected chi connectivity index (χ1v) is 6.18. The van der Waals surface area contributed by atoms with Gasteiger partial charge in [0.25, 0.3) is 0 Å². The van der Waals surface area contributed by atoms with Gasteiger partial charge in [0.15, 0.2) is 0 Å². The molecule has 78 valence electrons. The van der Waals surface area contributed by atoms with Crippen LogP contribution in [0.2, 0.25) is 0 Å². The predicted molar refractivity (Wildman–Crippen MR) is 52.4 cm³/mol. The third kappa shape index (κ3) is 2.24. The van der Waals surface area contributed by atoms with Gasteiger partial charge in [-0.05, 0) is 36.9 Å². The fourth-order valence-corrected chi connectivity index (χ4v) is 2.52. The van der Waals surface area contributed by atoms with Crippen LogP contribution in [0.5, 0.6) is 0 Å². The summed E-state index contributed by atoms with van der Waals surface area (Å²) < 4.78 is 11.0. The van der Waals surface area contributed by atoms with Crippen molar-refractivity contribution in [2.75, 3.05) is 0 Å². The summed E-state index contributed by atoms with van der Waals surface area (Å²) in [5.74, 6) is 0. The highest BCUT2D eigenvalue weighted by Crippen LogP contribution is 2.26. The van der Waals surface area contributed by atoms with Crippen molar-refractivity contribution in [1.82, 2.24) is 0 Å². The van der Waals surface area contributed by atoms with E-state index in [4.69, 9.17) is 0 Å². The first-order chi connectivity index (χ1) is 6.50. The first-order valence-electron chi connectivity index (χ1n) is 4.64. The Morgan fingerprint density at radius 1 is 1.21 bits per heavy atom. The molecule has 0 aliphatic heterocycles. The Morgan fingerprint density at radius 2 is 1.86 bits per heavy atom. The second-order valence-corrected chi connectivity index (χ2v) is 4.60. The van der Waals surface area contributed by atoms with E-state index in [9.17, 15) is 14.4 Å². The molecule has 0 fully saturated rings. The number of aryl methyl sites for hydroxylation is 1. The third-order valence-electron chi connectivity index (χ3n) is 2.28. The molecule has 0 aromatic heterocycles. The molecule has 1 aromatic rings. The molecule has 0 radical (unpaired) electrons. The molecule has 0 heterocycles. The lowest BCUT2D eigenvalue weighted by molar-refractivity contribution is -0.308. The Morgan fingerprint density at radius 3 is 2.29 bits per heavy atom. The summed E-state index contributed by atoms with van der Waals surface area (Å²) in [7, 11) is -4.61. The third-order valence-corrected chi connectivity index (χ3v) is 3.29. The zero-order chi connectivity index (χ0) is 10.8. The van der Waals surface area contributed by atoms with E-state index in [0.29, 0.717) is 12.0 Å². The van der Waals surface area contributed by atoms with Gasteiger partial charge in [0.05, 0.1) is 0 Å². The van der Waals surface area contributed by atoms with E-state index in [1.54, 1.807) is 6.07 Å². The van der Waals surface area contributed by atoms with E-state index >= 15 is 0 Å². The van der Waals surface area contributed by atoms with Crippen molar-refractivity contribution in [2.24, 2.45) is 0 Å². The summed E-state index contributed by atoms with van der Waals surface area (Å²) in [6.45, 7) is 3.80. The molecule has 0 N–H and O–H groups in total. The maximum absolute atomic E-state index is 11.0. The summed E-state index contributed by atoms with van der Waals surface area (Å²) in [5.41, 5.74) is 1.61. The van der Waals surface area contributed by atoms with Crippen molar-refractivity contribution in [3.05, 3.63) is 29.3 Å². The highest BCUT2D eigenvalue weighted by molar-refractivity contribution is 7.57. The Balaban J connectivity index is 3.37. The maximum atomic E-state index is 11.0. The summed E-state index contributed by atoms with van der Waals surface area (Å²) >= 11 is 0. The van der Waals surface area contributed by atoms with Gasteiger partial charge >= 0.3 is 0 Å². The lowest BCUT2D eigenvalue weighted by Gasteiger charge is -2.32. The van der Waals surface area contributed by atoms with Crippen LogP contribution in [-0.2, 0) is 17.4 Å². The second kappa shape index (κ2) is 4.26. The predicted octanol–water partition coefficient (Wildman–Crippen LogP) is 0.350. The minimum atomic E-state index is -4.61. The summed E-state index contributed by atoms with van der Waals surface area (Å²) in [5, 5.41) is -0.0423. The molecule has 0 bridgehead atoms. The van der Waals surface area contributed by atoms with Gasteiger partial charge in [-0.1, -0.05) is 32.0 Å². The minimum Gasteiger partial charge on any atom is -0.807 e. The minimum absolute atomic E-state index is 0.0423. The van der Waals surface area contributed by atoms with Crippen molar-refractivity contribution >= 4 is 12.9 Å². The van der Waals surface area contributed by atoms with Crippen LogP contribution >= 0.6 is 7.60 Å². The quantitative estimate of drug-likeness (QED) is 0.679. The van der Waals surface area contributed by atoms with E-state index in [-0.39, 0.29) is 5.30 Å². The Labute approximate surface area is 83.9 Å². The normalized spacial score (nSPS) is 11.7. The van der Waals surface area contributed by atoms with E-state index < -0.39 is 7.60 Å².